The van der Waals surface area contributed by atoms with Gasteiger partial charge in [-0.15, -0.1) is 0 Å². The third-order valence-electron chi connectivity index (χ3n) is 4.55. The lowest BCUT2D eigenvalue weighted by atomic mass is 9.87. The van der Waals surface area contributed by atoms with Crippen molar-refractivity contribution in [3.8, 4) is 0 Å². The van der Waals surface area contributed by atoms with Crippen molar-refractivity contribution >= 4 is 17.3 Å². The molecule has 1 aromatic rings. The van der Waals surface area contributed by atoms with E-state index in [1.165, 1.54) is 44.1 Å². The molecule has 1 aliphatic carbocycles. The quantitative estimate of drug-likeness (QED) is 0.874. The lowest BCUT2D eigenvalue weighted by Gasteiger charge is -2.23. The fraction of sp³-hybridized carbons (Fsp3) is 0.588. The number of fused-ring (bicyclic) bond motifs is 1. The van der Waals surface area contributed by atoms with Gasteiger partial charge in [0.2, 0.25) is 5.91 Å². The highest BCUT2D eigenvalue weighted by Crippen LogP contribution is 2.31. The molecule has 0 spiro atoms. The van der Waals surface area contributed by atoms with Crippen LogP contribution < -0.4 is 10.6 Å². The monoisotopic (exact) mass is 272 g/mol. The summed E-state index contributed by atoms with van der Waals surface area (Å²) in [4.78, 5) is 12.2. The van der Waals surface area contributed by atoms with Crippen molar-refractivity contribution in [1.82, 2.24) is 0 Å². The smallest absolute Gasteiger partial charge is 0.224 e. The summed E-state index contributed by atoms with van der Waals surface area (Å²) < 4.78 is 0. The van der Waals surface area contributed by atoms with Crippen molar-refractivity contribution in [3.63, 3.8) is 0 Å². The van der Waals surface area contributed by atoms with E-state index in [1.807, 2.05) is 12.1 Å². The van der Waals surface area contributed by atoms with Crippen LogP contribution in [-0.4, -0.2) is 12.5 Å². The van der Waals surface area contributed by atoms with Crippen LogP contribution in [-0.2, 0) is 11.2 Å². The number of hydrogen-bond donors (Lipinski definition) is 2. The third-order valence-corrected chi connectivity index (χ3v) is 4.55. The fourth-order valence-corrected chi connectivity index (χ4v) is 3.47. The summed E-state index contributed by atoms with van der Waals surface area (Å²) in [5, 5.41) is 6.54. The maximum Gasteiger partial charge on any atom is 0.224 e. The summed E-state index contributed by atoms with van der Waals surface area (Å²) >= 11 is 0. The maximum atomic E-state index is 12.2. The summed E-state index contributed by atoms with van der Waals surface area (Å²) in [6, 6.07) is 6.20. The average molecular weight is 272 g/mol. The van der Waals surface area contributed by atoms with Gasteiger partial charge in [-0.25, -0.2) is 0 Å². The first-order valence-electron chi connectivity index (χ1n) is 7.98. The van der Waals surface area contributed by atoms with Crippen LogP contribution in [0, 0.1) is 5.92 Å². The van der Waals surface area contributed by atoms with E-state index in [9.17, 15) is 4.79 Å². The number of amides is 1. The first kappa shape index (κ1) is 13.5. The van der Waals surface area contributed by atoms with Crippen LogP contribution >= 0.6 is 0 Å². The molecule has 0 aromatic heterocycles. The van der Waals surface area contributed by atoms with Crippen LogP contribution in [0.25, 0.3) is 0 Å². The van der Waals surface area contributed by atoms with Gasteiger partial charge in [0.1, 0.15) is 0 Å². The summed E-state index contributed by atoms with van der Waals surface area (Å²) in [5.41, 5.74) is 3.42. The molecule has 108 valence electrons. The topological polar surface area (TPSA) is 41.1 Å². The van der Waals surface area contributed by atoms with Crippen LogP contribution in [0.3, 0.4) is 0 Å². The van der Waals surface area contributed by atoms with Crippen molar-refractivity contribution < 1.29 is 4.79 Å². The fourth-order valence-electron chi connectivity index (χ4n) is 3.47. The van der Waals surface area contributed by atoms with Gasteiger partial charge in [0.25, 0.3) is 0 Å². The molecule has 1 amide bonds. The summed E-state index contributed by atoms with van der Waals surface area (Å²) in [6.07, 6.45) is 9.33. The van der Waals surface area contributed by atoms with Crippen molar-refractivity contribution in [2.45, 2.75) is 51.4 Å². The molecule has 1 aromatic carbocycles. The average Bonchev–Trinajstić information content (AvgIpc) is 2.48. The van der Waals surface area contributed by atoms with E-state index in [0.717, 1.165) is 24.3 Å². The Morgan fingerprint density at radius 2 is 2.05 bits per heavy atom. The molecule has 0 unspecified atom stereocenters. The molecule has 1 heterocycles. The van der Waals surface area contributed by atoms with Crippen molar-refractivity contribution in [2.24, 2.45) is 5.92 Å². The van der Waals surface area contributed by atoms with E-state index >= 15 is 0 Å². The number of carbonyl (C=O) groups excluding carboxylic acids is 1. The largest absolute Gasteiger partial charge is 0.383 e. The van der Waals surface area contributed by atoms with Crippen molar-refractivity contribution in [1.29, 1.82) is 0 Å². The van der Waals surface area contributed by atoms with Gasteiger partial charge in [0, 0.05) is 13.0 Å². The van der Waals surface area contributed by atoms with Crippen LogP contribution in [0.15, 0.2) is 18.2 Å². The number of hydrogen-bond acceptors (Lipinski definition) is 2. The first-order chi connectivity index (χ1) is 9.83. The highest BCUT2D eigenvalue weighted by atomic mass is 16.1. The zero-order valence-corrected chi connectivity index (χ0v) is 12.1. The lowest BCUT2D eigenvalue weighted by molar-refractivity contribution is -0.117. The Morgan fingerprint density at radius 1 is 1.20 bits per heavy atom. The zero-order chi connectivity index (χ0) is 13.8. The van der Waals surface area contributed by atoms with Crippen LogP contribution in [0.5, 0.6) is 0 Å². The number of carbonyl (C=O) groups is 1. The van der Waals surface area contributed by atoms with Gasteiger partial charge in [0.05, 0.1) is 11.4 Å². The second-order valence-corrected chi connectivity index (χ2v) is 6.13. The molecule has 0 atom stereocenters. The molecule has 2 aliphatic rings. The van der Waals surface area contributed by atoms with Gasteiger partial charge in [-0.05, 0) is 43.2 Å². The first-order valence-corrected chi connectivity index (χ1v) is 7.98. The van der Waals surface area contributed by atoms with E-state index in [2.05, 4.69) is 16.7 Å². The Hall–Kier alpha value is -1.51. The van der Waals surface area contributed by atoms with Gasteiger partial charge in [-0.1, -0.05) is 31.4 Å². The lowest BCUT2D eigenvalue weighted by Crippen LogP contribution is -2.20. The van der Waals surface area contributed by atoms with Crippen LogP contribution in [0.4, 0.5) is 11.4 Å². The maximum absolute atomic E-state index is 12.2. The SMILES string of the molecule is O=C(CC1CCCCC1)Nc1cccc2c1NCCC2. The highest BCUT2D eigenvalue weighted by Gasteiger charge is 2.19. The minimum Gasteiger partial charge on any atom is -0.383 e. The molecule has 0 radical (unpaired) electrons. The van der Waals surface area contributed by atoms with Crippen molar-refractivity contribution in [3.05, 3.63) is 23.8 Å². The second kappa shape index (κ2) is 6.29. The molecule has 1 fully saturated rings. The standard InChI is InChI=1S/C17H24N2O/c20-16(12-13-6-2-1-3-7-13)19-15-10-4-8-14-9-5-11-18-17(14)15/h4,8,10,13,18H,1-3,5-7,9,11-12H2,(H,19,20). The summed E-state index contributed by atoms with van der Waals surface area (Å²) in [6.45, 7) is 1.00. The van der Waals surface area contributed by atoms with E-state index in [1.54, 1.807) is 0 Å². The summed E-state index contributed by atoms with van der Waals surface area (Å²) in [5.74, 6) is 0.772. The minimum atomic E-state index is 0.178. The molecule has 3 rings (SSSR count). The number of aryl methyl sites for hydroxylation is 1. The Morgan fingerprint density at radius 3 is 2.90 bits per heavy atom. The van der Waals surface area contributed by atoms with E-state index < -0.39 is 0 Å². The Kier molecular flexibility index (Phi) is 4.24. The van der Waals surface area contributed by atoms with Gasteiger partial charge >= 0.3 is 0 Å². The number of para-hydroxylation sites is 1. The van der Waals surface area contributed by atoms with Crippen LogP contribution in [0.2, 0.25) is 0 Å². The molecule has 1 aliphatic heterocycles. The molecule has 3 heteroatoms. The van der Waals surface area contributed by atoms with Crippen LogP contribution in [0.1, 0.15) is 50.5 Å². The zero-order valence-electron chi connectivity index (χ0n) is 12.1. The molecule has 3 nitrogen and oxygen atoms in total. The van der Waals surface area contributed by atoms with Crippen molar-refractivity contribution in [2.75, 3.05) is 17.2 Å². The van der Waals surface area contributed by atoms with Gasteiger partial charge < -0.3 is 10.6 Å². The molecular weight excluding hydrogens is 248 g/mol. The summed E-state index contributed by atoms with van der Waals surface area (Å²) in [7, 11) is 0. The van der Waals surface area contributed by atoms with E-state index in [0.29, 0.717) is 12.3 Å². The second-order valence-electron chi connectivity index (χ2n) is 6.13. The van der Waals surface area contributed by atoms with E-state index in [-0.39, 0.29) is 5.91 Å². The van der Waals surface area contributed by atoms with E-state index in [4.69, 9.17) is 0 Å². The Balaban J connectivity index is 1.63. The number of anilines is 2. The Labute approximate surface area is 121 Å². The number of rotatable bonds is 3. The van der Waals surface area contributed by atoms with Gasteiger partial charge in [-0.2, -0.15) is 0 Å². The molecule has 2 N–H and O–H groups in total. The highest BCUT2D eigenvalue weighted by molar-refractivity contribution is 5.95. The Bertz CT molecular complexity index is 478. The molecule has 0 bridgehead atoms. The molecular formula is C17H24N2O. The molecule has 20 heavy (non-hydrogen) atoms. The van der Waals surface area contributed by atoms with Gasteiger partial charge in [-0.3, -0.25) is 4.79 Å². The predicted octanol–water partition coefficient (Wildman–Crippen LogP) is 3.95. The van der Waals surface area contributed by atoms with Gasteiger partial charge in [0.15, 0.2) is 0 Å². The predicted molar refractivity (Wildman–Crippen MR) is 83.1 cm³/mol. The number of nitrogens with one attached hydrogen (secondary N) is 2. The third kappa shape index (κ3) is 3.14. The molecule has 1 saturated carbocycles. The number of benzene rings is 1. The normalized spacial score (nSPS) is 19.0. The molecule has 0 saturated heterocycles. The minimum absolute atomic E-state index is 0.178.